The monoisotopic (exact) mass is 562 g/mol. The third-order valence-electron chi connectivity index (χ3n) is 6.94. The van der Waals surface area contributed by atoms with Crippen LogP contribution >= 0.6 is 0 Å². The van der Waals surface area contributed by atoms with E-state index in [0.29, 0.717) is 5.56 Å². The number of ether oxygens (including phenoxy) is 2. The van der Waals surface area contributed by atoms with Gasteiger partial charge in [0.25, 0.3) is 15.7 Å². The maximum atomic E-state index is 12.6. The molecule has 3 atom stereocenters. The van der Waals surface area contributed by atoms with Crippen LogP contribution in [0, 0.1) is 6.92 Å². The summed E-state index contributed by atoms with van der Waals surface area (Å²) in [6, 6.07) is 29.2. The zero-order chi connectivity index (χ0) is 28.3. The molecule has 5 rings (SSSR count). The second-order valence-corrected chi connectivity index (χ2v) is 11.4. The lowest BCUT2D eigenvalue weighted by molar-refractivity contribution is -0.0910. The Hall–Kier alpha value is -3.83. The second-order valence-electron chi connectivity index (χ2n) is 9.77. The number of aromatic nitrogens is 2. The summed E-state index contributed by atoms with van der Waals surface area (Å²) < 4.78 is 44.0. The first-order chi connectivity index (χ1) is 19.2. The number of hydrogen-bond donors (Lipinski definition) is 1. The molecule has 0 unspecified atom stereocenters. The van der Waals surface area contributed by atoms with Crippen molar-refractivity contribution in [3.63, 3.8) is 0 Å². The summed E-state index contributed by atoms with van der Waals surface area (Å²) in [5.74, 6) is 0. The van der Waals surface area contributed by atoms with E-state index in [9.17, 15) is 18.0 Å². The van der Waals surface area contributed by atoms with Crippen molar-refractivity contribution in [3.8, 4) is 0 Å². The molecule has 208 valence electrons. The normalized spacial score (nSPS) is 19.5. The number of rotatable bonds is 9. The molecular formula is C30H30N2O7S. The van der Waals surface area contributed by atoms with Crippen LogP contribution in [0.2, 0.25) is 0 Å². The Labute approximate surface area is 232 Å². The van der Waals surface area contributed by atoms with Crippen molar-refractivity contribution in [3.05, 3.63) is 140 Å². The highest BCUT2D eigenvalue weighted by Crippen LogP contribution is 2.42. The molecule has 1 aliphatic rings. The van der Waals surface area contributed by atoms with Crippen LogP contribution in [0.4, 0.5) is 0 Å². The highest BCUT2D eigenvalue weighted by Gasteiger charge is 2.44. The van der Waals surface area contributed by atoms with Gasteiger partial charge in [-0.25, -0.2) is 4.79 Å². The summed E-state index contributed by atoms with van der Waals surface area (Å²) in [6.45, 7) is 1.51. The third kappa shape index (κ3) is 5.71. The van der Waals surface area contributed by atoms with Crippen molar-refractivity contribution >= 4 is 10.1 Å². The van der Waals surface area contributed by atoms with E-state index in [4.69, 9.17) is 13.7 Å². The Balaban J connectivity index is 1.56. The molecule has 1 fully saturated rings. The number of hydrogen-bond acceptors (Lipinski definition) is 7. The molecule has 10 heteroatoms. The zero-order valence-corrected chi connectivity index (χ0v) is 22.9. The second kappa shape index (κ2) is 11.3. The molecule has 40 heavy (non-hydrogen) atoms. The van der Waals surface area contributed by atoms with E-state index in [1.807, 2.05) is 91.0 Å². The largest absolute Gasteiger partial charge is 0.358 e. The number of nitrogens with one attached hydrogen (secondary N) is 1. The van der Waals surface area contributed by atoms with E-state index in [2.05, 4.69) is 4.98 Å². The van der Waals surface area contributed by atoms with Crippen molar-refractivity contribution < 1.29 is 22.1 Å². The lowest BCUT2D eigenvalue weighted by Crippen LogP contribution is -2.39. The Kier molecular flexibility index (Phi) is 7.86. The number of aryl methyl sites for hydroxylation is 1. The molecular weight excluding hydrogens is 532 g/mol. The Morgan fingerprint density at radius 2 is 1.40 bits per heavy atom. The highest BCUT2D eigenvalue weighted by atomic mass is 32.2. The van der Waals surface area contributed by atoms with Gasteiger partial charge in [0, 0.05) is 18.2 Å². The first-order valence-corrected chi connectivity index (χ1v) is 14.7. The van der Waals surface area contributed by atoms with Crippen LogP contribution in [0.25, 0.3) is 0 Å². The summed E-state index contributed by atoms with van der Waals surface area (Å²) in [5, 5.41) is 0. The van der Waals surface area contributed by atoms with Crippen LogP contribution in [0.15, 0.2) is 107 Å². The minimum atomic E-state index is -3.86. The van der Waals surface area contributed by atoms with Gasteiger partial charge in [-0.1, -0.05) is 91.0 Å². The minimum absolute atomic E-state index is 0.0570. The molecule has 0 bridgehead atoms. The van der Waals surface area contributed by atoms with Gasteiger partial charge in [0.05, 0.1) is 12.9 Å². The van der Waals surface area contributed by atoms with Crippen LogP contribution in [0.1, 0.15) is 34.9 Å². The van der Waals surface area contributed by atoms with Crippen molar-refractivity contribution in [2.75, 3.05) is 12.9 Å². The molecule has 4 aromatic rings. The van der Waals surface area contributed by atoms with Crippen LogP contribution < -0.4 is 11.2 Å². The quantitative estimate of drug-likeness (QED) is 0.245. The van der Waals surface area contributed by atoms with Crippen LogP contribution in [0.5, 0.6) is 0 Å². The molecule has 1 saturated heterocycles. The van der Waals surface area contributed by atoms with Gasteiger partial charge in [-0.2, -0.15) is 8.42 Å². The topological polar surface area (TPSA) is 117 Å². The molecule has 3 aromatic carbocycles. The van der Waals surface area contributed by atoms with E-state index in [1.54, 1.807) is 6.92 Å². The van der Waals surface area contributed by atoms with Gasteiger partial charge in [0.1, 0.15) is 24.0 Å². The SMILES string of the molecule is Cc1cn([C@H]2C[C@H](OS(C)(=O)=O)[C@H](COC(c3ccccc3)(c3ccccc3)c3ccccc3)O2)c(=O)[nH]c1=O. The lowest BCUT2D eigenvalue weighted by Gasteiger charge is -2.37. The summed E-state index contributed by atoms with van der Waals surface area (Å²) in [6.07, 6.45) is -0.232. The number of aromatic amines is 1. The molecule has 0 spiro atoms. The third-order valence-corrected chi connectivity index (χ3v) is 7.54. The summed E-state index contributed by atoms with van der Waals surface area (Å²) >= 11 is 0. The van der Waals surface area contributed by atoms with E-state index >= 15 is 0 Å². The molecule has 1 aromatic heterocycles. The van der Waals surface area contributed by atoms with E-state index < -0.39 is 45.4 Å². The first-order valence-electron chi connectivity index (χ1n) is 12.8. The van der Waals surface area contributed by atoms with Crippen molar-refractivity contribution in [2.24, 2.45) is 0 Å². The molecule has 0 saturated carbocycles. The number of benzene rings is 3. The smallest absolute Gasteiger partial charge is 0.330 e. The average Bonchev–Trinajstić information content (AvgIpc) is 3.33. The summed E-state index contributed by atoms with van der Waals surface area (Å²) in [4.78, 5) is 26.8. The number of H-pyrrole nitrogens is 1. The maximum Gasteiger partial charge on any atom is 0.330 e. The van der Waals surface area contributed by atoms with Gasteiger partial charge in [-0.05, 0) is 23.6 Å². The summed E-state index contributed by atoms with van der Waals surface area (Å²) in [5.41, 5.74) is 0.709. The fourth-order valence-corrected chi connectivity index (χ4v) is 5.77. The average molecular weight is 563 g/mol. The maximum absolute atomic E-state index is 12.6. The molecule has 0 radical (unpaired) electrons. The molecule has 2 heterocycles. The van der Waals surface area contributed by atoms with Crippen molar-refractivity contribution in [1.29, 1.82) is 0 Å². The van der Waals surface area contributed by atoms with Gasteiger partial charge in [-0.3, -0.25) is 18.5 Å². The zero-order valence-electron chi connectivity index (χ0n) is 22.1. The Morgan fingerprint density at radius 1 is 0.900 bits per heavy atom. The van der Waals surface area contributed by atoms with Gasteiger partial charge in [0.2, 0.25) is 0 Å². The van der Waals surface area contributed by atoms with Crippen LogP contribution in [-0.4, -0.2) is 43.0 Å². The first kappa shape index (κ1) is 27.7. The fourth-order valence-electron chi connectivity index (χ4n) is 5.12. The molecule has 9 nitrogen and oxygen atoms in total. The fraction of sp³-hybridized carbons (Fsp3) is 0.267. The van der Waals surface area contributed by atoms with Gasteiger partial charge in [-0.15, -0.1) is 0 Å². The lowest BCUT2D eigenvalue weighted by atomic mass is 9.80. The molecule has 0 amide bonds. The minimum Gasteiger partial charge on any atom is -0.358 e. The highest BCUT2D eigenvalue weighted by molar-refractivity contribution is 7.86. The van der Waals surface area contributed by atoms with Crippen LogP contribution in [0.3, 0.4) is 0 Å². The number of nitrogens with zero attached hydrogens (tertiary/aromatic N) is 1. The van der Waals surface area contributed by atoms with Crippen molar-refractivity contribution in [2.45, 2.75) is 37.4 Å². The van der Waals surface area contributed by atoms with E-state index in [-0.39, 0.29) is 13.0 Å². The van der Waals surface area contributed by atoms with Gasteiger partial charge >= 0.3 is 5.69 Å². The molecule has 1 aliphatic heterocycles. The summed E-state index contributed by atoms with van der Waals surface area (Å²) in [7, 11) is -3.86. The van der Waals surface area contributed by atoms with Gasteiger partial charge in [0.15, 0.2) is 0 Å². The molecule has 1 N–H and O–H groups in total. The van der Waals surface area contributed by atoms with E-state index in [1.165, 1.54) is 10.8 Å². The predicted octanol–water partition coefficient (Wildman–Crippen LogP) is 3.49. The Morgan fingerprint density at radius 3 is 1.88 bits per heavy atom. The standard InChI is InChI=1S/C30H30N2O7S/c1-21-19-32(29(34)31-28(21)33)27-18-25(39-40(2,35)36)26(38-27)20-37-30(22-12-6-3-7-13-22,23-14-8-4-9-15-23)24-16-10-5-11-17-24/h3-17,19,25-27H,18,20H2,1-2H3,(H,31,33,34)/t25-,26-,27+/m0/s1. The van der Waals surface area contributed by atoms with Crippen molar-refractivity contribution in [1.82, 2.24) is 9.55 Å². The van der Waals surface area contributed by atoms with E-state index in [0.717, 1.165) is 22.9 Å². The van der Waals surface area contributed by atoms with Crippen LogP contribution in [-0.2, 0) is 29.4 Å². The Bertz CT molecular complexity index is 1570. The van der Waals surface area contributed by atoms with Gasteiger partial charge < -0.3 is 9.47 Å². The molecule has 0 aliphatic carbocycles. The predicted molar refractivity (Wildman–Crippen MR) is 149 cm³/mol.